The number of guanidine groups is 1. The van der Waals surface area contributed by atoms with Crippen LogP contribution >= 0.6 is 0 Å². The van der Waals surface area contributed by atoms with Gasteiger partial charge in [0.25, 0.3) is 0 Å². The van der Waals surface area contributed by atoms with E-state index in [4.69, 9.17) is 5.41 Å². The minimum absolute atomic E-state index is 0.275. The number of fused-ring (bicyclic) bond motifs is 3. The Morgan fingerprint density at radius 1 is 0.871 bits per heavy atom. The van der Waals surface area contributed by atoms with Crippen LogP contribution in [0.3, 0.4) is 0 Å². The normalized spacial score (nSPS) is 15.1. The van der Waals surface area contributed by atoms with Crippen molar-refractivity contribution in [2.45, 2.75) is 6.10 Å². The van der Waals surface area contributed by atoms with Crippen LogP contribution in [0.2, 0.25) is 0 Å². The molecular formula is C27H21N3O. The summed E-state index contributed by atoms with van der Waals surface area (Å²) in [6.45, 7) is 0. The smallest absolute Gasteiger partial charge is 0.199 e. The molecule has 0 saturated carbocycles. The summed E-state index contributed by atoms with van der Waals surface area (Å²) in [6.07, 6.45) is 3.64. The molecule has 0 heterocycles. The summed E-state index contributed by atoms with van der Waals surface area (Å²) in [5.41, 5.74) is 8.13. The van der Waals surface area contributed by atoms with Crippen molar-refractivity contribution in [1.29, 1.82) is 5.41 Å². The Balaban J connectivity index is 1.31. The number of hydrogen-bond acceptors (Lipinski definition) is 2. The van der Waals surface area contributed by atoms with Crippen molar-refractivity contribution >= 4 is 40.3 Å². The van der Waals surface area contributed by atoms with E-state index in [0.717, 1.165) is 39.0 Å². The highest BCUT2D eigenvalue weighted by Gasteiger charge is 2.27. The van der Waals surface area contributed by atoms with Crippen molar-refractivity contribution in [3.63, 3.8) is 0 Å². The summed E-state index contributed by atoms with van der Waals surface area (Å²) in [4.78, 5) is 1.86. The number of nitrogens with zero attached hydrogens (tertiary/aromatic N) is 1. The zero-order valence-corrected chi connectivity index (χ0v) is 17.1. The standard InChI is InChI=1S/C27H21N3O/c1-30(24-14-11-17-10-9-16-5-4-8-22(24)25(16)17)27(28)29-18-12-13-20-19-6-2-3-7-21(19)26(31)23(20)15-18/h2-15,26,31H,1H3,(H2,28,29). The minimum atomic E-state index is -0.635. The fourth-order valence-electron chi connectivity index (χ4n) is 4.80. The van der Waals surface area contributed by atoms with E-state index in [2.05, 4.69) is 47.8 Å². The molecule has 4 nitrogen and oxygen atoms in total. The number of anilines is 2. The zero-order valence-electron chi connectivity index (χ0n) is 17.1. The highest BCUT2D eigenvalue weighted by Crippen LogP contribution is 2.44. The third-order valence-electron chi connectivity index (χ3n) is 6.38. The van der Waals surface area contributed by atoms with Crippen LogP contribution in [0.4, 0.5) is 11.4 Å². The van der Waals surface area contributed by atoms with Crippen molar-refractivity contribution in [1.82, 2.24) is 0 Å². The lowest BCUT2D eigenvalue weighted by atomic mass is 10.0. The molecule has 31 heavy (non-hydrogen) atoms. The average molecular weight is 403 g/mol. The Labute approximate surface area is 180 Å². The molecule has 2 aliphatic carbocycles. The molecule has 3 N–H and O–H groups in total. The molecule has 6 rings (SSSR count). The summed E-state index contributed by atoms with van der Waals surface area (Å²) in [7, 11) is 1.90. The predicted molar refractivity (Wildman–Crippen MR) is 129 cm³/mol. The van der Waals surface area contributed by atoms with E-state index in [1.54, 1.807) is 0 Å². The molecule has 0 amide bonds. The Kier molecular flexibility index (Phi) is 3.79. The van der Waals surface area contributed by atoms with Gasteiger partial charge in [0.15, 0.2) is 5.96 Å². The fourth-order valence-corrected chi connectivity index (χ4v) is 4.80. The Morgan fingerprint density at radius 3 is 2.52 bits per heavy atom. The Morgan fingerprint density at radius 2 is 1.65 bits per heavy atom. The summed E-state index contributed by atoms with van der Waals surface area (Å²) in [6, 6.07) is 24.3. The molecule has 1 atom stereocenters. The van der Waals surface area contributed by atoms with E-state index in [1.165, 1.54) is 16.5 Å². The number of benzene rings is 4. The highest BCUT2D eigenvalue weighted by atomic mass is 16.3. The van der Waals surface area contributed by atoms with Gasteiger partial charge in [0, 0.05) is 18.1 Å². The minimum Gasteiger partial charge on any atom is -0.384 e. The lowest BCUT2D eigenvalue weighted by Crippen LogP contribution is -2.32. The number of hydrogen-bond donors (Lipinski definition) is 3. The van der Waals surface area contributed by atoms with Crippen molar-refractivity contribution in [2.24, 2.45) is 0 Å². The van der Waals surface area contributed by atoms with Crippen LogP contribution in [-0.2, 0) is 0 Å². The number of rotatable bonds is 2. The topological polar surface area (TPSA) is 59.4 Å². The second-order valence-electron chi connectivity index (χ2n) is 8.10. The van der Waals surface area contributed by atoms with Crippen LogP contribution in [0.5, 0.6) is 0 Å². The third kappa shape index (κ3) is 2.62. The molecule has 0 saturated heterocycles. The second kappa shape index (κ2) is 6.56. The van der Waals surface area contributed by atoms with E-state index < -0.39 is 6.10 Å². The van der Waals surface area contributed by atoms with Gasteiger partial charge in [0.1, 0.15) is 6.10 Å². The first-order chi connectivity index (χ1) is 15.1. The van der Waals surface area contributed by atoms with Gasteiger partial charge in [0.2, 0.25) is 0 Å². The van der Waals surface area contributed by atoms with E-state index in [9.17, 15) is 5.11 Å². The van der Waals surface area contributed by atoms with Crippen LogP contribution in [0.1, 0.15) is 28.4 Å². The van der Waals surface area contributed by atoms with Gasteiger partial charge in [-0.1, -0.05) is 66.7 Å². The van der Waals surface area contributed by atoms with E-state index in [-0.39, 0.29) is 5.96 Å². The summed E-state index contributed by atoms with van der Waals surface area (Å²) in [5, 5.41) is 25.0. The number of aliphatic hydroxyl groups is 1. The predicted octanol–water partition coefficient (Wildman–Crippen LogP) is 5.87. The lowest BCUT2D eigenvalue weighted by molar-refractivity contribution is 0.225. The van der Waals surface area contributed by atoms with Gasteiger partial charge in [-0.2, -0.15) is 0 Å². The maximum atomic E-state index is 10.8. The molecule has 0 radical (unpaired) electrons. The monoisotopic (exact) mass is 403 g/mol. The molecule has 1 unspecified atom stereocenters. The maximum Gasteiger partial charge on any atom is 0.199 e. The van der Waals surface area contributed by atoms with Crippen molar-refractivity contribution < 1.29 is 5.11 Å². The van der Waals surface area contributed by atoms with Crippen molar-refractivity contribution in [3.05, 3.63) is 95.1 Å². The molecule has 0 aliphatic heterocycles. The largest absolute Gasteiger partial charge is 0.384 e. The van der Waals surface area contributed by atoms with Crippen LogP contribution in [0, 0.1) is 5.41 Å². The summed E-state index contributed by atoms with van der Waals surface area (Å²) < 4.78 is 0. The first-order valence-corrected chi connectivity index (χ1v) is 10.4. The quantitative estimate of drug-likeness (QED) is 0.255. The molecule has 0 bridgehead atoms. The van der Waals surface area contributed by atoms with Crippen LogP contribution in [-0.4, -0.2) is 18.1 Å². The average Bonchev–Trinajstić information content (AvgIpc) is 3.34. The molecule has 0 aromatic heterocycles. The van der Waals surface area contributed by atoms with E-state index in [0.29, 0.717) is 0 Å². The molecular weight excluding hydrogens is 382 g/mol. The van der Waals surface area contributed by atoms with Gasteiger partial charge >= 0.3 is 0 Å². The summed E-state index contributed by atoms with van der Waals surface area (Å²) >= 11 is 0. The number of nitrogens with one attached hydrogen (secondary N) is 2. The Hall–Kier alpha value is -3.89. The molecule has 4 aromatic carbocycles. The third-order valence-corrected chi connectivity index (χ3v) is 6.38. The van der Waals surface area contributed by atoms with Crippen LogP contribution in [0.25, 0.3) is 34.1 Å². The first kappa shape index (κ1) is 17.9. The van der Waals surface area contributed by atoms with Crippen molar-refractivity contribution in [3.8, 4) is 11.1 Å². The van der Waals surface area contributed by atoms with Gasteiger partial charge in [-0.05, 0) is 57.0 Å². The second-order valence-corrected chi connectivity index (χ2v) is 8.10. The molecule has 0 fully saturated rings. The Bertz CT molecular complexity index is 1410. The first-order valence-electron chi connectivity index (χ1n) is 10.4. The van der Waals surface area contributed by atoms with Crippen LogP contribution < -0.4 is 10.2 Å². The molecule has 4 heteroatoms. The molecule has 2 aliphatic rings. The summed E-state index contributed by atoms with van der Waals surface area (Å²) in [5.74, 6) is 0.275. The van der Waals surface area contributed by atoms with Gasteiger partial charge < -0.3 is 15.3 Å². The van der Waals surface area contributed by atoms with Crippen LogP contribution in [0.15, 0.2) is 72.8 Å². The SMILES string of the molecule is CN(C(=N)Nc1ccc2c(c1)C(O)c1ccccc1-2)c1ccc2c3c(cccc13)C=C2. The van der Waals surface area contributed by atoms with E-state index in [1.807, 2.05) is 54.4 Å². The molecule has 0 spiro atoms. The van der Waals surface area contributed by atoms with Gasteiger partial charge in [-0.3, -0.25) is 5.41 Å². The number of aliphatic hydroxyl groups excluding tert-OH is 1. The van der Waals surface area contributed by atoms with E-state index >= 15 is 0 Å². The molecule has 4 aromatic rings. The lowest BCUT2D eigenvalue weighted by Gasteiger charge is -2.23. The maximum absolute atomic E-state index is 10.8. The molecule has 150 valence electrons. The van der Waals surface area contributed by atoms with Gasteiger partial charge in [-0.15, -0.1) is 0 Å². The fraction of sp³-hybridized carbons (Fsp3) is 0.0741. The van der Waals surface area contributed by atoms with Gasteiger partial charge in [-0.25, -0.2) is 0 Å². The zero-order chi connectivity index (χ0) is 21.1. The van der Waals surface area contributed by atoms with Gasteiger partial charge in [0.05, 0.1) is 5.69 Å². The highest BCUT2D eigenvalue weighted by molar-refractivity contribution is 6.14. The van der Waals surface area contributed by atoms with Crippen molar-refractivity contribution in [2.75, 3.05) is 17.3 Å².